The van der Waals surface area contributed by atoms with Crippen LogP contribution in [0.2, 0.25) is 0 Å². The fourth-order valence-electron chi connectivity index (χ4n) is 3.21. The number of likely N-dealkylation sites (tertiary alicyclic amines) is 1. The Balaban J connectivity index is 0.00000261. The Hall–Kier alpha value is -2.05. The summed E-state index contributed by atoms with van der Waals surface area (Å²) in [6.45, 7) is 4.30. The Kier molecular flexibility index (Phi) is 8.13. The van der Waals surface area contributed by atoms with E-state index in [4.69, 9.17) is 9.15 Å². The number of rotatable bonds is 7. The molecule has 1 saturated heterocycles. The number of furan rings is 1. The van der Waals surface area contributed by atoms with Gasteiger partial charge in [0.05, 0.1) is 6.04 Å². The van der Waals surface area contributed by atoms with Crippen LogP contribution in [0, 0.1) is 12.7 Å². The van der Waals surface area contributed by atoms with Crippen molar-refractivity contribution in [3.8, 4) is 5.75 Å². The van der Waals surface area contributed by atoms with Gasteiger partial charge in [0.1, 0.15) is 23.1 Å². The van der Waals surface area contributed by atoms with Crippen LogP contribution in [0.25, 0.3) is 0 Å². The van der Waals surface area contributed by atoms with Gasteiger partial charge in [-0.15, -0.1) is 12.4 Å². The van der Waals surface area contributed by atoms with Crippen LogP contribution in [0.4, 0.5) is 4.39 Å². The highest BCUT2D eigenvalue weighted by Gasteiger charge is 2.25. The molecule has 1 amide bonds. The predicted molar refractivity (Wildman–Crippen MR) is 104 cm³/mol. The van der Waals surface area contributed by atoms with Gasteiger partial charge in [0, 0.05) is 6.54 Å². The SMILES string of the molecule is Cc1ccc(C(CNC(=O)COc2ccc(F)cc2)N2CCCCC2)o1.Cl. The molecular weight excluding hydrogens is 371 g/mol. The molecule has 1 atom stereocenters. The van der Waals surface area contributed by atoms with Gasteiger partial charge >= 0.3 is 0 Å². The maximum absolute atomic E-state index is 12.9. The highest BCUT2D eigenvalue weighted by molar-refractivity contribution is 5.85. The molecule has 27 heavy (non-hydrogen) atoms. The van der Waals surface area contributed by atoms with Crippen molar-refractivity contribution in [1.82, 2.24) is 10.2 Å². The highest BCUT2D eigenvalue weighted by atomic mass is 35.5. The normalized spacial score (nSPS) is 15.6. The molecule has 0 radical (unpaired) electrons. The van der Waals surface area contributed by atoms with Crippen molar-refractivity contribution in [3.63, 3.8) is 0 Å². The van der Waals surface area contributed by atoms with Gasteiger partial charge in [0.2, 0.25) is 0 Å². The number of carbonyl (C=O) groups is 1. The van der Waals surface area contributed by atoms with E-state index in [1.54, 1.807) is 0 Å². The smallest absolute Gasteiger partial charge is 0.258 e. The van der Waals surface area contributed by atoms with E-state index < -0.39 is 0 Å². The molecule has 2 heterocycles. The van der Waals surface area contributed by atoms with E-state index in [0.717, 1.165) is 37.5 Å². The largest absolute Gasteiger partial charge is 0.484 e. The fourth-order valence-corrected chi connectivity index (χ4v) is 3.21. The van der Waals surface area contributed by atoms with Crippen molar-refractivity contribution in [3.05, 3.63) is 53.7 Å². The third-order valence-electron chi connectivity index (χ3n) is 4.60. The van der Waals surface area contributed by atoms with Crippen LogP contribution < -0.4 is 10.1 Å². The topological polar surface area (TPSA) is 54.7 Å². The van der Waals surface area contributed by atoms with E-state index in [9.17, 15) is 9.18 Å². The third kappa shape index (κ3) is 6.26. The first-order valence-corrected chi connectivity index (χ1v) is 9.07. The average Bonchev–Trinajstić information content (AvgIpc) is 3.08. The molecule has 1 fully saturated rings. The summed E-state index contributed by atoms with van der Waals surface area (Å²) in [5, 5.41) is 2.93. The van der Waals surface area contributed by atoms with Crippen LogP contribution >= 0.6 is 12.4 Å². The minimum atomic E-state index is -0.333. The van der Waals surface area contributed by atoms with E-state index in [2.05, 4.69) is 10.2 Å². The highest BCUT2D eigenvalue weighted by Crippen LogP contribution is 2.25. The number of hydrogen-bond donors (Lipinski definition) is 1. The molecule has 5 nitrogen and oxygen atoms in total. The lowest BCUT2D eigenvalue weighted by molar-refractivity contribution is -0.123. The zero-order valence-corrected chi connectivity index (χ0v) is 16.3. The van der Waals surface area contributed by atoms with Crippen LogP contribution in [-0.4, -0.2) is 37.0 Å². The van der Waals surface area contributed by atoms with Crippen LogP contribution in [0.3, 0.4) is 0 Å². The number of benzene rings is 1. The number of aryl methyl sites for hydroxylation is 1. The summed E-state index contributed by atoms with van der Waals surface area (Å²) in [6.07, 6.45) is 3.58. The lowest BCUT2D eigenvalue weighted by Crippen LogP contribution is -2.41. The van der Waals surface area contributed by atoms with Gasteiger partial charge in [-0.3, -0.25) is 9.69 Å². The first-order chi connectivity index (χ1) is 12.6. The number of ether oxygens (including phenoxy) is 1. The van der Waals surface area contributed by atoms with E-state index in [1.165, 1.54) is 30.7 Å². The molecular formula is C20H26ClFN2O3. The van der Waals surface area contributed by atoms with E-state index in [1.807, 2.05) is 19.1 Å². The molecule has 0 bridgehead atoms. The summed E-state index contributed by atoms with van der Waals surface area (Å²) in [5.74, 6) is 1.67. The molecule has 2 aromatic rings. The maximum Gasteiger partial charge on any atom is 0.258 e. The van der Waals surface area contributed by atoms with Gasteiger partial charge in [-0.2, -0.15) is 0 Å². The summed E-state index contributed by atoms with van der Waals surface area (Å²) in [6, 6.07) is 9.58. The van der Waals surface area contributed by atoms with Crippen LogP contribution in [0.1, 0.15) is 36.8 Å². The van der Waals surface area contributed by atoms with Gasteiger partial charge in [0.15, 0.2) is 6.61 Å². The Morgan fingerprint density at radius 2 is 1.89 bits per heavy atom. The number of halogens is 2. The molecule has 0 aliphatic carbocycles. The summed E-state index contributed by atoms with van der Waals surface area (Å²) in [4.78, 5) is 14.5. The van der Waals surface area contributed by atoms with Crippen molar-refractivity contribution in [2.24, 2.45) is 0 Å². The van der Waals surface area contributed by atoms with E-state index in [-0.39, 0.29) is 36.8 Å². The molecule has 1 aromatic heterocycles. The van der Waals surface area contributed by atoms with Crippen molar-refractivity contribution in [2.45, 2.75) is 32.2 Å². The monoisotopic (exact) mass is 396 g/mol. The van der Waals surface area contributed by atoms with Crippen LogP contribution in [-0.2, 0) is 4.79 Å². The number of nitrogens with one attached hydrogen (secondary N) is 1. The molecule has 1 N–H and O–H groups in total. The maximum atomic E-state index is 12.9. The lowest BCUT2D eigenvalue weighted by atomic mass is 10.1. The van der Waals surface area contributed by atoms with E-state index in [0.29, 0.717) is 12.3 Å². The fraction of sp³-hybridized carbons (Fsp3) is 0.450. The standard InChI is InChI=1S/C20H25FN2O3.ClH/c1-15-5-10-19(26-15)18(23-11-3-2-4-12-23)13-22-20(24)14-25-17-8-6-16(21)7-9-17;/h5-10,18H,2-4,11-14H2,1H3,(H,22,24);1H. The molecule has 1 aromatic carbocycles. The first-order valence-electron chi connectivity index (χ1n) is 9.07. The second-order valence-corrected chi connectivity index (χ2v) is 6.61. The summed E-state index contributed by atoms with van der Waals surface area (Å²) < 4.78 is 24.1. The Morgan fingerprint density at radius 3 is 2.52 bits per heavy atom. The predicted octanol–water partition coefficient (Wildman–Crippen LogP) is 3.87. The molecule has 0 spiro atoms. The Morgan fingerprint density at radius 1 is 1.19 bits per heavy atom. The second kappa shape index (κ2) is 10.3. The molecule has 1 aliphatic heterocycles. The zero-order valence-electron chi connectivity index (χ0n) is 15.4. The second-order valence-electron chi connectivity index (χ2n) is 6.61. The van der Waals surface area contributed by atoms with Crippen LogP contribution in [0.5, 0.6) is 5.75 Å². The summed E-state index contributed by atoms with van der Waals surface area (Å²) >= 11 is 0. The van der Waals surface area contributed by atoms with Gasteiger partial charge < -0.3 is 14.5 Å². The van der Waals surface area contributed by atoms with Gasteiger partial charge in [0.25, 0.3) is 5.91 Å². The number of amides is 1. The van der Waals surface area contributed by atoms with Gasteiger partial charge in [-0.25, -0.2) is 4.39 Å². The van der Waals surface area contributed by atoms with Crippen molar-refractivity contribution >= 4 is 18.3 Å². The van der Waals surface area contributed by atoms with Crippen molar-refractivity contribution < 1.29 is 18.3 Å². The molecule has 1 unspecified atom stereocenters. The van der Waals surface area contributed by atoms with Crippen molar-refractivity contribution in [2.75, 3.05) is 26.2 Å². The number of hydrogen-bond acceptors (Lipinski definition) is 4. The minimum Gasteiger partial charge on any atom is -0.484 e. The Bertz CT molecular complexity index is 714. The first kappa shape index (κ1) is 21.3. The van der Waals surface area contributed by atoms with Gasteiger partial charge in [-0.1, -0.05) is 6.42 Å². The minimum absolute atomic E-state index is 0. The Labute approximate surface area is 165 Å². The molecule has 148 valence electrons. The van der Waals surface area contributed by atoms with E-state index >= 15 is 0 Å². The lowest BCUT2D eigenvalue weighted by Gasteiger charge is -2.33. The van der Waals surface area contributed by atoms with Gasteiger partial charge in [-0.05, 0) is 69.3 Å². The van der Waals surface area contributed by atoms with Crippen LogP contribution in [0.15, 0.2) is 40.8 Å². The molecule has 0 saturated carbocycles. The number of carbonyl (C=O) groups excluding carboxylic acids is 1. The molecule has 7 heteroatoms. The average molecular weight is 397 g/mol. The zero-order chi connectivity index (χ0) is 18.4. The summed E-state index contributed by atoms with van der Waals surface area (Å²) in [5.41, 5.74) is 0. The molecule has 3 rings (SSSR count). The quantitative estimate of drug-likeness (QED) is 0.771. The number of piperidine rings is 1. The third-order valence-corrected chi connectivity index (χ3v) is 4.60. The molecule has 1 aliphatic rings. The number of nitrogens with zero attached hydrogens (tertiary/aromatic N) is 1. The summed E-state index contributed by atoms with van der Waals surface area (Å²) in [7, 11) is 0. The van der Waals surface area contributed by atoms with Crippen molar-refractivity contribution in [1.29, 1.82) is 0 Å².